The number of aromatic nitrogens is 2. The highest BCUT2D eigenvalue weighted by atomic mass is 35.5. The summed E-state index contributed by atoms with van der Waals surface area (Å²) < 4.78 is 13.9. The van der Waals surface area contributed by atoms with Gasteiger partial charge in [0.15, 0.2) is 0 Å². The van der Waals surface area contributed by atoms with Gasteiger partial charge in [0.1, 0.15) is 5.82 Å². The molecule has 0 bridgehead atoms. The summed E-state index contributed by atoms with van der Waals surface area (Å²) in [6, 6.07) is 8.63. The first-order chi connectivity index (χ1) is 9.58. The molecule has 0 spiro atoms. The Morgan fingerprint density at radius 3 is 2.70 bits per heavy atom. The summed E-state index contributed by atoms with van der Waals surface area (Å²) in [5.74, 6) is -0.355. The Hall–Kier alpha value is -2.00. The lowest BCUT2D eigenvalue weighted by molar-refractivity contribution is 0.639. The molecule has 20 heavy (non-hydrogen) atoms. The summed E-state index contributed by atoms with van der Waals surface area (Å²) in [5.41, 5.74) is 3.81. The van der Waals surface area contributed by atoms with Crippen molar-refractivity contribution in [2.45, 2.75) is 13.8 Å². The number of hydrogen-bond acceptors (Lipinski definition) is 2. The van der Waals surface area contributed by atoms with Crippen molar-refractivity contribution < 1.29 is 4.39 Å². The zero-order chi connectivity index (χ0) is 14.3. The van der Waals surface area contributed by atoms with Gasteiger partial charge in [0, 0.05) is 6.20 Å². The SMILES string of the molecule is Cc1ccnc(-c2nc3cccc(F)c3c(Cl)c2C)c1. The predicted octanol–water partition coefficient (Wildman–Crippen LogP) is 4.71. The lowest BCUT2D eigenvalue weighted by atomic mass is 10.1. The molecule has 0 amide bonds. The van der Waals surface area contributed by atoms with Gasteiger partial charge in [-0.25, -0.2) is 9.37 Å². The fraction of sp³-hybridized carbons (Fsp3) is 0.125. The summed E-state index contributed by atoms with van der Waals surface area (Å²) in [7, 11) is 0. The third-order valence-electron chi connectivity index (χ3n) is 3.29. The third kappa shape index (κ3) is 2.04. The van der Waals surface area contributed by atoms with Gasteiger partial charge in [-0.05, 0) is 49.2 Å². The Balaban J connectivity index is 2.36. The molecule has 0 aliphatic rings. The van der Waals surface area contributed by atoms with Crippen molar-refractivity contribution in [2.75, 3.05) is 0 Å². The smallest absolute Gasteiger partial charge is 0.134 e. The first kappa shape index (κ1) is 13.0. The quantitative estimate of drug-likeness (QED) is 0.647. The van der Waals surface area contributed by atoms with Crippen LogP contribution in [0.5, 0.6) is 0 Å². The maximum atomic E-state index is 13.9. The molecule has 0 aliphatic heterocycles. The van der Waals surface area contributed by atoms with Gasteiger partial charge in [0.25, 0.3) is 0 Å². The Labute approximate surface area is 121 Å². The van der Waals surface area contributed by atoms with E-state index in [1.165, 1.54) is 6.07 Å². The van der Waals surface area contributed by atoms with Crippen LogP contribution >= 0.6 is 11.6 Å². The van der Waals surface area contributed by atoms with E-state index in [9.17, 15) is 4.39 Å². The second kappa shape index (κ2) is 4.84. The molecule has 3 rings (SSSR count). The monoisotopic (exact) mass is 286 g/mol. The van der Waals surface area contributed by atoms with Crippen LogP contribution in [-0.2, 0) is 0 Å². The van der Waals surface area contributed by atoms with Gasteiger partial charge in [-0.3, -0.25) is 4.98 Å². The van der Waals surface area contributed by atoms with E-state index in [2.05, 4.69) is 9.97 Å². The van der Waals surface area contributed by atoms with Crippen molar-refractivity contribution in [1.29, 1.82) is 0 Å². The summed E-state index contributed by atoms with van der Waals surface area (Å²) in [6.45, 7) is 3.82. The molecular formula is C16H12ClFN2. The Morgan fingerprint density at radius 1 is 1.15 bits per heavy atom. The first-order valence-electron chi connectivity index (χ1n) is 6.25. The summed E-state index contributed by atoms with van der Waals surface area (Å²) in [4.78, 5) is 8.85. The molecule has 2 aromatic heterocycles. The third-order valence-corrected chi connectivity index (χ3v) is 3.76. The van der Waals surface area contributed by atoms with Gasteiger partial charge in [0.05, 0.1) is 27.3 Å². The van der Waals surface area contributed by atoms with Crippen molar-refractivity contribution >= 4 is 22.5 Å². The minimum atomic E-state index is -0.355. The van der Waals surface area contributed by atoms with Crippen molar-refractivity contribution in [3.63, 3.8) is 0 Å². The maximum Gasteiger partial charge on any atom is 0.134 e. The molecule has 0 radical (unpaired) electrons. The summed E-state index contributed by atoms with van der Waals surface area (Å²) in [5, 5.41) is 0.759. The number of benzene rings is 1. The van der Waals surface area contributed by atoms with Crippen LogP contribution in [0.15, 0.2) is 36.5 Å². The van der Waals surface area contributed by atoms with Gasteiger partial charge < -0.3 is 0 Å². The van der Waals surface area contributed by atoms with Crippen LogP contribution in [0.25, 0.3) is 22.3 Å². The van der Waals surface area contributed by atoms with E-state index in [1.807, 2.05) is 26.0 Å². The molecule has 100 valence electrons. The molecule has 1 aromatic carbocycles. The van der Waals surface area contributed by atoms with Crippen molar-refractivity contribution in [1.82, 2.24) is 9.97 Å². The van der Waals surface area contributed by atoms with E-state index in [0.717, 1.165) is 16.8 Å². The van der Waals surface area contributed by atoms with Crippen molar-refractivity contribution in [2.24, 2.45) is 0 Å². The molecule has 2 nitrogen and oxygen atoms in total. The second-order valence-corrected chi connectivity index (χ2v) is 5.13. The van der Waals surface area contributed by atoms with Gasteiger partial charge in [-0.15, -0.1) is 0 Å². The highest BCUT2D eigenvalue weighted by Gasteiger charge is 2.15. The van der Waals surface area contributed by atoms with Gasteiger partial charge >= 0.3 is 0 Å². The molecule has 0 saturated heterocycles. The number of aryl methyl sites for hydroxylation is 1. The summed E-state index contributed by atoms with van der Waals surface area (Å²) >= 11 is 6.32. The largest absolute Gasteiger partial charge is 0.255 e. The average molecular weight is 287 g/mol. The molecular weight excluding hydrogens is 275 g/mol. The minimum absolute atomic E-state index is 0.355. The second-order valence-electron chi connectivity index (χ2n) is 4.75. The van der Waals surface area contributed by atoms with E-state index in [4.69, 9.17) is 11.6 Å². The van der Waals surface area contributed by atoms with Gasteiger partial charge in [-0.2, -0.15) is 0 Å². The normalized spacial score (nSPS) is 11.0. The number of nitrogens with zero attached hydrogens (tertiary/aromatic N) is 2. The van der Waals surface area contributed by atoms with E-state index in [1.54, 1.807) is 18.3 Å². The fourth-order valence-corrected chi connectivity index (χ4v) is 2.51. The molecule has 0 unspecified atom stereocenters. The lowest BCUT2D eigenvalue weighted by Crippen LogP contribution is -1.96. The van der Waals surface area contributed by atoms with Crippen LogP contribution in [0.1, 0.15) is 11.1 Å². The van der Waals surface area contributed by atoms with Crippen LogP contribution in [0, 0.1) is 19.7 Å². The average Bonchev–Trinajstić information content (AvgIpc) is 2.42. The van der Waals surface area contributed by atoms with E-state index in [-0.39, 0.29) is 5.82 Å². The zero-order valence-corrected chi connectivity index (χ0v) is 11.9. The van der Waals surface area contributed by atoms with Crippen LogP contribution in [0.2, 0.25) is 5.02 Å². The van der Waals surface area contributed by atoms with Crippen LogP contribution in [-0.4, -0.2) is 9.97 Å². The molecule has 0 aliphatic carbocycles. The topological polar surface area (TPSA) is 25.8 Å². The molecule has 2 heterocycles. The van der Waals surface area contributed by atoms with Crippen molar-refractivity contribution in [3.05, 3.63) is 58.5 Å². The molecule has 0 N–H and O–H groups in total. The lowest BCUT2D eigenvalue weighted by Gasteiger charge is -2.10. The molecule has 0 saturated carbocycles. The van der Waals surface area contributed by atoms with Gasteiger partial charge in [0.2, 0.25) is 0 Å². The number of pyridine rings is 2. The minimum Gasteiger partial charge on any atom is -0.255 e. The molecule has 0 fully saturated rings. The van der Waals surface area contributed by atoms with Crippen LogP contribution < -0.4 is 0 Å². The standard InChI is InChI=1S/C16H12ClFN2/c1-9-6-7-19-13(8-9)16-10(2)15(17)14-11(18)4-3-5-12(14)20-16/h3-8H,1-2H3. The van der Waals surface area contributed by atoms with E-state index >= 15 is 0 Å². The van der Waals surface area contributed by atoms with Crippen LogP contribution in [0.4, 0.5) is 4.39 Å². The Bertz CT molecular complexity index is 815. The fourth-order valence-electron chi connectivity index (χ4n) is 2.23. The first-order valence-corrected chi connectivity index (χ1v) is 6.63. The predicted molar refractivity (Wildman–Crippen MR) is 79.4 cm³/mol. The summed E-state index contributed by atoms with van der Waals surface area (Å²) in [6.07, 6.45) is 1.73. The maximum absolute atomic E-state index is 13.9. The van der Waals surface area contributed by atoms with Crippen molar-refractivity contribution in [3.8, 4) is 11.4 Å². The Morgan fingerprint density at radius 2 is 1.95 bits per heavy atom. The number of rotatable bonds is 1. The zero-order valence-electron chi connectivity index (χ0n) is 11.1. The van der Waals surface area contributed by atoms with E-state index in [0.29, 0.717) is 21.6 Å². The molecule has 0 atom stereocenters. The molecule has 3 aromatic rings. The van der Waals surface area contributed by atoms with Crippen LogP contribution in [0.3, 0.4) is 0 Å². The number of halogens is 2. The van der Waals surface area contributed by atoms with E-state index < -0.39 is 0 Å². The highest BCUT2D eigenvalue weighted by molar-refractivity contribution is 6.36. The number of fused-ring (bicyclic) bond motifs is 1. The van der Waals surface area contributed by atoms with Gasteiger partial charge in [-0.1, -0.05) is 17.7 Å². The highest BCUT2D eigenvalue weighted by Crippen LogP contribution is 2.33. The molecule has 4 heteroatoms. The number of hydrogen-bond donors (Lipinski definition) is 0. The Kier molecular flexibility index (Phi) is 3.14.